The van der Waals surface area contributed by atoms with Gasteiger partial charge in [0.15, 0.2) is 0 Å². The minimum absolute atomic E-state index is 0.0972. The van der Waals surface area contributed by atoms with Crippen LogP contribution in [0.5, 0.6) is 0 Å². The lowest BCUT2D eigenvalue weighted by Gasteiger charge is -2.23. The molecule has 3 rings (SSSR count). The maximum atomic E-state index is 12.3. The van der Waals surface area contributed by atoms with Crippen LogP contribution >= 0.6 is 11.3 Å². The van der Waals surface area contributed by atoms with Crippen molar-refractivity contribution in [2.45, 2.75) is 39.2 Å². The maximum absolute atomic E-state index is 12.3. The minimum atomic E-state index is -0.104. The Bertz CT molecular complexity index is 789. The number of carbonyl (C=O) groups excluding carboxylic acids is 1. The first-order chi connectivity index (χ1) is 11.0. The van der Waals surface area contributed by atoms with Crippen molar-refractivity contribution in [2.24, 2.45) is 0 Å². The number of hydrogen-bond acceptors (Lipinski definition) is 5. The summed E-state index contributed by atoms with van der Waals surface area (Å²) in [5, 5.41) is 3.94. The summed E-state index contributed by atoms with van der Waals surface area (Å²) in [5.74, 6) is 0.690. The van der Waals surface area contributed by atoms with Gasteiger partial charge in [-0.25, -0.2) is 4.98 Å². The molecule has 0 aliphatic carbocycles. The van der Waals surface area contributed by atoms with Crippen molar-refractivity contribution in [1.82, 2.24) is 20.2 Å². The molecule has 1 saturated heterocycles. The molecule has 6 nitrogen and oxygen atoms in total. The standard InChI is InChI=1S/C16H22N4O2S/c1-9-10(2)23-16-14(9)15(22)18-12(19-16)4-5-13(21)20(3)11-6-7-17-8-11/h11,17H,4-8H2,1-3H3,(H,18,19,22). The van der Waals surface area contributed by atoms with E-state index in [0.29, 0.717) is 24.1 Å². The summed E-state index contributed by atoms with van der Waals surface area (Å²) in [5.41, 5.74) is 0.891. The predicted molar refractivity (Wildman–Crippen MR) is 92.1 cm³/mol. The molecule has 0 aromatic carbocycles. The van der Waals surface area contributed by atoms with Crippen LogP contribution in [0.4, 0.5) is 0 Å². The zero-order valence-corrected chi connectivity index (χ0v) is 14.5. The van der Waals surface area contributed by atoms with E-state index in [1.54, 1.807) is 0 Å². The topological polar surface area (TPSA) is 78.1 Å². The highest BCUT2D eigenvalue weighted by Crippen LogP contribution is 2.25. The molecule has 2 N–H and O–H groups in total. The number of nitrogens with one attached hydrogen (secondary N) is 2. The average Bonchev–Trinajstić information content (AvgIpc) is 3.13. The number of fused-ring (bicyclic) bond motifs is 1. The van der Waals surface area contributed by atoms with Crippen molar-refractivity contribution in [3.63, 3.8) is 0 Å². The van der Waals surface area contributed by atoms with Gasteiger partial charge in [0.1, 0.15) is 10.7 Å². The molecule has 124 valence electrons. The van der Waals surface area contributed by atoms with Gasteiger partial charge < -0.3 is 15.2 Å². The number of hydrogen-bond donors (Lipinski definition) is 2. The number of H-pyrrole nitrogens is 1. The maximum Gasteiger partial charge on any atom is 0.259 e. The first-order valence-electron chi connectivity index (χ1n) is 7.92. The highest BCUT2D eigenvalue weighted by molar-refractivity contribution is 7.18. The van der Waals surface area contributed by atoms with Crippen molar-refractivity contribution >= 4 is 27.5 Å². The third kappa shape index (κ3) is 3.16. The van der Waals surface area contributed by atoms with E-state index in [-0.39, 0.29) is 17.5 Å². The van der Waals surface area contributed by atoms with Gasteiger partial charge in [0, 0.05) is 37.4 Å². The Kier molecular flexibility index (Phi) is 4.50. The van der Waals surface area contributed by atoms with Gasteiger partial charge in [-0.2, -0.15) is 0 Å². The second-order valence-electron chi connectivity index (χ2n) is 6.13. The number of likely N-dealkylation sites (N-methyl/N-ethyl adjacent to an activating group) is 1. The fourth-order valence-corrected chi connectivity index (χ4v) is 4.04. The molecule has 23 heavy (non-hydrogen) atoms. The van der Waals surface area contributed by atoms with Crippen LogP contribution in [0.2, 0.25) is 0 Å². The molecular formula is C16H22N4O2S. The molecule has 0 saturated carbocycles. The number of thiophene rings is 1. The summed E-state index contributed by atoms with van der Waals surface area (Å²) >= 11 is 1.53. The largest absolute Gasteiger partial charge is 0.341 e. The monoisotopic (exact) mass is 334 g/mol. The molecule has 1 aliphatic rings. The van der Waals surface area contributed by atoms with Crippen LogP contribution in [0.15, 0.2) is 4.79 Å². The number of carbonyl (C=O) groups is 1. The smallest absolute Gasteiger partial charge is 0.259 e. The van der Waals surface area contributed by atoms with Crippen LogP contribution < -0.4 is 10.9 Å². The first-order valence-corrected chi connectivity index (χ1v) is 8.74. The van der Waals surface area contributed by atoms with Crippen LogP contribution in [-0.2, 0) is 11.2 Å². The van der Waals surface area contributed by atoms with E-state index in [1.165, 1.54) is 11.3 Å². The second-order valence-corrected chi connectivity index (χ2v) is 7.33. The Morgan fingerprint density at radius 3 is 2.91 bits per heavy atom. The quantitative estimate of drug-likeness (QED) is 0.885. The van der Waals surface area contributed by atoms with Gasteiger partial charge in [-0.3, -0.25) is 9.59 Å². The van der Waals surface area contributed by atoms with E-state index in [2.05, 4.69) is 15.3 Å². The lowest BCUT2D eigenvalue weighted by molar-refractivity contribution is -0.131. The molecule has 1 unspecified atom stereocenters. The number of aromatic nitrogens is 2. The summed E-state index contributed by atoms with van der Waals surface area (Å²) in [7, 11) is 1.85. The van der Waals surface area contributed by atoms with E-state index in [1.807, 2.05) is 25.8 Å². The van der Waals surface area contributed by atoms with Crippen LogP contribution in [0.1, 0.15) is 29.1 Å². The van der Waals surface area contributed by atoms with Crippen molar-refractivity contribution in [1.29, 1.82) is 0 Å². The molecule has 3 heterocycles. The minimum Gasteiger partial charge on any atom is -0.341 e. The highest BCUT2D eigenvalue weighted by Gasteiger charge is 2.23. The van der Waals surface area contributed by atoms with Crippen LogP contribution in [0.25, 0.3) is 10.2 Å². The normalized spacial score (nSPS) is 17.8. The molecule has 0 bridgehead atoms. The van der Waals surface area contributed by atoms with Gasteiger partial charge >= 0.3 is 0 Å². The van der Waals surface area contributed by atoms with Gasteiger partial charge in [-0.05, 0) is 32.4 Å². The highest BCUT2D eigenvalue weighted by atomic mass is 32.1. The SMILES string of the molecule is Cc1sc2nc(CCC(=O)N(C)C3CCNC3)[nH]c(=O)c2c1C. The Morgan fingerprint density at radius 2 is 2.22 bits per heavy atom. The Hall–Kier alpha value is -1.73. The molecule has 7 heteroatoms. The molecule has 0 radical (unpaired) electrons. The number of rotatable bonds is 4. The molecule has 2 aromatic rings. The molecule has 1 aliphatic heterocycles. The van der Waals surface area contributed by atoms with E-state index >= 15 is 0 Å². The summed E-state index contributed by atoms with van der Waals surface area (Å²) in [4.78, 5) is 35.6. The number of aromatic amines is 1. The Labute approximate surface area is 138 Å². The number of aryl methyl sites for hydroxylation is 3. The van der Waals surface area contributed by atoms with E-state index < -0.39 is 0 Å². The van der Waals surface area contributed by atoms with Crippen molar-refractivity contribution in [2.75, 3.05) is 20.1 Å². The lowest BCUT2D eigenvalue weighted by Crippen LogP contribution is -2.38. The Morgan fingerprint density at radius 1 is 1.43 bits per heavy atom. The fraction of sp³-hybridized carbons (Fsp3) is 0.562. The van der Waals surface area contributed by atoms with Gasteiger partial charge in [-0.1, -0.05) is 0 Å². The summed E-state index contributed by atoms with van der Waals surface area (Å²) in [6, 6.07) is 0.277. The number of amides is 1. The van der Waals surface area contributed by atoms with Gasteiger partial charge in [0.2, 0.25) is 5.91 Å². The van der Waals surface area contributed by atoms with E-state index in [0.717, 1.165) is 34.8 Å². The van der Waals surface area contributed by atoms with Crippen LogP contribution in [0, 0.1) is 13.8 Å². The lowest BCUT2D eigenvalue weighted by atomic mass is 10.2. The van der Waals surface area contributed by atoms with Gasteiger partial charge in [0.25, 0.3) is 5.56 Å². The predicted octanol–water partition coefficient (Wildman–Crippen LogP) is 1.35. The molecule has 1 amide bonds. The van der Waals surface area contributed by atoms with Crippen molar-refractivity contribution in [3.8, 4) is 0 Å². The molecule has 2 aromatic heterocycles. The zero-order valence-electron chi connectivity index (χ0n) is 13.7. The van der Waals surface area contributed by atoms with Gasteiger partial charge in [0.05, 0.1) is 5.39 Å². The van der Waals surface area contributed by atoms with Crippen molar-refractivity contribution < 1.29 is 4.79 Å². The zero-order chi connectivity index (χ0) is 16.6. The van der Waals surface area contributed by atoms with Crippen molar-refractivity contribution in [3.05, 3.63) is 26.6 Å². The third-order valence-corrected chi connectivity index (χ3v) is 5.74. The molecule has 1 fully saturated rings. The van der Waals surface area contributed by atoms with E-state index in [9.17, 15) is 9.59 Å². The fourth-order valence-electron chi connectivity index (χ4n) is 2.99. The number of nitrogens with zero attached hydrogens (tertiary/aromatic N) is 2. The van der Waals surface area contributed by atoms with Crippen LogP contribution in [0.3, 0.4) is 0 Å². The molecular weight excluding hydrogens is 312 g/mol. The second kappa shape index (κ2) is 6.41. The van der Waals surface area contributed by atoms with Gasteiger partial charge in [-0.15, -0.1) is 11.3 Å². The molecule has 1 atom stereocenters. The summed E-state index contributed by atoms with van der Waals surface area (Å²) in [6.45, 7) is 5.76. The third-order valence-electron chi connectivity index (χ3n) is 4.64. The molecule has 0 spiro atoms. The average molecular weight is 334 g/mol. The summed E-state index contributed by atoms with van der Waals surface area (Å²) in [6.07, 6.45) is 1.83. The Balaban J connectivity index is 1.72. The van der Waals surface area contributed by atoms with Crippen LogP contribution in [-0.4, -0.2) is 47.0 Å². The first kappa shape index (κ1) is 16.1. The van der Waals surface area contributed by atoms with E-state index in [4.69, 9.17) is 0 Å². The summed E-state index contributed by atoms with van der Waals surface area (Å²) < 4.78 is 0.